The van der Waals surface area contributed by atoms with Crippen LogP contribution in [0, 0.1) is 0 Å². The highest BCUT2D eigenvalue weighted by Crippen LogP contribution is 2.07. The minimum absolute atomic E-state index is 0.347. The van der Waals surface area contributed by atoms with Crippen LogP contribution in [0.25, 0.3) is 0 Å². The number of hydrogen-bond acceptors (Lipinski definition) is 3. The molecule has 0 amide bonds. The fourth-order valence-corrected chi connectivity index (χ4v) is 1.19. The van der Waals surface area contributed by atoms with E-state index in [1.807, 2.05) is 30.3 Å². The highest BCUT2D eigenvalue weighted by atomic mass is 16.7. The zero-order valence-electron chi connectivity index (χ0n) is 8.68. The predicted molar refractivity (Wildman–Crippen MR) is 57.6 cm³/mol. The van der Waals surface area contributed by atoms with Gasteiger partial charge in [-0.25, -0.2) is 4.79 Å². The van der Waals surface area contributed by atoms with Gasteiger partial charge in [-0.1, -0.05) is 43.0 Å². The Balaban J connectivity index is 2.54. The lowest BCUT2D eigenvalue weighted by atomic mass is 10.1. The SMILES string of the molecule is C=CC(Cc1ccccc1)OC(=O)OC. The summed E-state index contributed by atoms with van der Waals surface area (Å²) in [6, 6.07) is 9.75. The minimum Gasteiger partial charge on any atom is -0.438 e. The topological polar surface area (TPSA) is 35.5 Å². The molecule has 0 saturated carbocycles. The molecule has 0 N–H and O–H groups in total. The molecule has 0 spiro atoms. The molecule has 0 aliphatic rings. The summed E-state index contributed by atoms with van der Waals surface area (Å²) in [7, 11) is 1.28. The first-order chi connectivity index (χ1) is 7.26. The smallest absolute Gasteiger partial charge is 0.438 e. The summed E-state index contributed by atoms with van der Waals surface area (Å²) in [4.78, 5) is 10.9. The molecule has 0 saturated heterocycles. The van der Waals surface area contributed by atoms with Gasteiger partial charge in [0, 0.05) is 6.42 Å². The molecule has 0 radical (unpaired) electrons. The van der Waals surface area contributed by atoms with Crippen molar-refractivity contribution in [1.29, 1.82) is 0 Å². The molecule has 0 aliphatic carbocycles. The molecule has 0 heterocycles. The van der Waals surface area contributed by atoms with Crippen molar-refractivity contribution in [1.82, 2.24) is 0 Å². The Kier molecular flexibility index (Phi) is 4.41. The second kappa shape index (κ2) is 5.86. The maximum atomic E-state index is 10.9. The molecule has 0 bridgehead atoms. The van der Waals surface area contributed by atoms with Crippen LogP contribution < -0.4 is 0 Å². The first-order valence-electron chi connectivity index (χ1n) is 4.67. The molecule has 3 heteroatoms. The first kappa shape index (κ1) is 11.3. The molecule has 0 aliphatic heterocycles. The van der Waals surface area contributed by atoms with Crippen molar-refractivity contribution in [2.24, 2.45) is 0 Å². The molecular formula is C12H14O3. The van der Waals surface area contributed by atoms with Crippen LogP contribution in [0.4, 0.5) is 4.79 Å². The van der Waals surface area contributed by atoms with Gasteiger partial charge >= 0.3 is 6.16 Å². The van der Waals surface area contributed by atoms with E-state index >= 15 is 0 Å². The third-order valence-electron chi connectivity index (χ3n) is 1.96. The van der Waals surface area contributed by atoms with E-state index in [-0.39, 0.29) is 6.10 Å². The molecule has 1 unspecified atom stereocenters. The van der Waals surface area contributed by atoms with E-state index in [1.54, 1.807) is 6.08 Å². The largest absolute Gasteiger partial charge is 0.508 e. The highest BCUT2D eigenvalue weighted by molar-refractivity contribution is 5.60. The van der Waals surface area contributed by atoms with Crippen molar-refractivity contribution in [3.05, 3.63) is 48.6 Å². The Morgan fingerprint density at radius 2 is 2.13 bits per heavy atom. The van der Waals surface area contributed by atoms with Crippen LogP contribution >= 0.6 is 0 Å². The van der Waals surface area contributed by atoms with E-state index in [9.17, 15) is 4.79 Å². The lowest BCUT2D eigenvalue weighted by molar-refractivity contribution is 0.0528. The second-order valence-corrected chi connectivity index (χ2v) is 3.04. The molecule has 80 valence electrons. The fourth-order valence-electron chi connectivity index (χ4n) is 1.19. The average molecular weight is 206 g/mol. The maximum Gasteiger partial charge on any atom is 0.508 e. The van der Waals surface area contributed by atoms with Gasteiger partial charge in [-0.3, -0.25) is 0 Å². The molecule has 1 aromatic carbocycles. The average Bonchev–Trinajstić information content (AvgIpc) is 2.29. The monoisotopic (exact) mass is 206 g/mol. The third kappa shape index (κ3) is 3.85. The van der Waals surface area contributed by atoms with E-state index in [0.29, 0.717) is 6.42 Å². The number of carbonyl (C=O) groups is 1. The van der Waals surface area contributed by atoms with Crippen molar-refractivity contribution < 1.29 is 14.3 Å². The number of hydrogen-bond donors (Lipinski definition) is 0. The van der Waals surface area contributed by atoms with Crippen LogP contribution in [0.5, 0.6) is 0 Å². The summed E-state index contributed by atoms with van der Waals surface area (Å²) in [5.41, 5.74) is 1.09. The number of benzene rings is 1. The van der Waals surface area contributed by atoms with Gasteiger partial charge in [0.05, 0.1) is 7.11 Å². The summed E-state index contributed by atoms with van der Waals surface area (Å²) >= 11 is 0. The van der Waals surface area contributed by atoms with Crippen LogP contribution in [0.3, 0.4) is 0 Å². The maximum absolute atomic E-state index is 10.9. The Morgan fingerprint density at radius 3 is 2.67 bits per heavy atom. The molecule has 1 atom stereocenters. The van der Waals surface area contributed by atoms with Gasteiger partial charge in [-0.15, -0.1) is 0 Å². The van der Waals surface area contributed by atoms with Gasteiger partial charge in [0.25, 0.3) is 0 Å². The zero-order valence-corrected chi connectivity index (χ0v) is 8.68. The van der Waals surface area contributed by atoms with Crippen molar-refractivity contribution in [3.63, 3.8) is 0 Å². The Morgan fingerprint density at radius 1 is 1.47 bits per heavy atom. The van der Waals surface area contributed by atoms with Gasteiger partial charge in [0.15, 0.2) is 0 Å². The van der Waals surface area contributed by atoms with Gasteiger partial charge in [-0.2, -0.15) is 0 Å². The summed E-state index contributed by atoms with van der Waals surface area (Å²) < 4.78 is 9.38. The zero-order chi connectivity index (χ0) is 11.1. The van der Waals surface area contributed by atoms with E-state index in [1.165, 1.54) is 7.11 Å². The summed E-state index contributed by atoms with van der Waals surface area (Å²) in [6.07, 6.45) is 1.17. The lowest BCUT2D eigenvalue weighted by Gasteiger charge is -2.12. The number of carbonyl (C=O) groups excluding carboxylic acids is 1. The fraction of sp³-hybridized carbons (Fsp3) is 0.250. The molecule has 0 aromatic heterocycles. The Bertz CT molecular complexity index is 319. The number of methoxy groups -OCH3 is 1. The molecule has 0 fully saturated rings. The summed E-state index contributed by atoms with van der Waals surface area (Å²) in [6.45, 7) is 3.61. The first-order valence-corrected chi connectivity index (χ1v) is 4.67. The van der Waals surface area contributed by atoms with Crippen LogP contribution in [0.1, 0.15) is 5.56 Å². The van der Waals surface area contributed by atoms with E-state index in [2.05, 4.69) is 11.3 Å². The third-order valence-corrected chi connectivity index (χ3v) is 1.96. The van der Waals surface area contributed by atoms with Crippen molar-refractivity contribution in [2.75, 3.05) is 7.11 Å². The van der Waals surface area contributed by atoms with Gasteiger partial charge in [0.1, 0.15) is 6.10 Å². The van der Waals surface area contributed by atoms with Gasteiger partial charge < -0.3 is 9.47 Å². The Hall–Kier alpha value is -1.77. The van der Waals surface area contributed by atoms with Crippen LogP contribution in [-0.4, -0.2) is 19.4 Å². The van der Waals surface area contributed by atoms with Crippen molar-refractivity contribution in [3.8, 4) is 0 Å². The minimum atomic E-state index is -0.684. The number of ether oxygens (including phenoxy) is 2. The predicted octanol–water partition coefficient (Wildman–Crippen LogP) is 2.57. The quantitative estimate of drug-likeness (QED) is 0.561. The molecule has 1 aromatic rings. The van der Waals surface area contributed by atoms with Gasteiger partial charge in [-0.05, 0) is 5.56 Å². The van der Waals surface area contributed by atoms with Crippen LogP contribution in [-0.2, 0) is 15.9 Å². The molecule has 3 nitrogen and oxygen atoms in total. The molecule has 1 rings (SSSR count). The normalized spacial score (nSPS) is 11.5. The Labute approximate surface area is 89.3 Å². The van der Waals surface area contributed by atoms with E-state index < -0.39 is 6.16 Å². The van der Waals surface area contributed by atoms with E-state index in [0.717, 1.165) is 5.56 Å². The van der Waals surface area contributed by atoms with Crippen LogP contribution in [0.2, 0.25) is 0 Å². The standard InChI is InChI=1S/C12H14O3/c1-3-11(15-12(13)14-2)9-10-7-5-4-6-8-10/h3-8,11H,1,9H2,2H3. The van der Waals surface area contributed by atoms with Gasteiger partial charge in [0.2, 0.25) is 0 Å². The number of rotatable bonds is 4. The van der Waals surface area contributed by atoms with E-state index in [4.69, 9.17) is 4.74 Å². The van der Waals surface area contributed by atoms with Crippen molar-refractivity contribution in [2.45, 2.75) is 12.5 Å². The molecule has 15 heavy (non-hydrogen) atoms. The highest BCUT2D eigenvalue weighted by Gasteiger charge is 2.11. The second-order valence-electron chi connectivity index (χ2n) is 3.04. The summed E-state index contributed by atoms with van der Waals surface area (Å²) in [5, 5.41) is 0. The van der Waals surface area contributed by atoms with Crippen molar-refractivity contribution >= 4 is 6.16 Å². The summed E-state index contributed by atoms with van der Waals surface area (Å²) in [5.74, 6) is 0. The molecular weight excluding hydrogens is 192 g/mol. The lowest BCUT2D eigenvalue weighted by Crippen LogP contribution is -2.18. The van der Waals surface area contributed by atoms with Crippen LogP contribution in [0.15, 0.2) is 43.0 Å².